The number of amides is 1. The molecule has 0 radical (unpaired) electrons. The van der Waals surface area contributed by atoms with E-state index >= 15 is 0 Å². The van der Waals surface area contributed by atoms with E-state index in [2.05, 4.69) is 20.2 Å². The fourth-order valence-corrected chi connectivity index (χ4v) is 5.28. The molecule has 0 spiro atoms. The summed E-state index contributed by atoms with van der Waals surface area (Å²) in [7, 11) is 1.36. The van der Waals surface area contributed by atoms with E-state index < -0.39 is 5.97 Å². The molecule has 2 N–H and O–H groups in total. The first kappa shape index (κ1) is 27.4. The van der Waals surface area contributed by atoms with Crippen LogP contribution in [0.3, 0.4) is 0 Å². The normalized spacial score (nSPS) is 16.6. The lowest BCUT2D eigenvalue weighted by Gasteiger charge is -2.29. The third-order valence-electron chi connectivity index (χ3n) is 6.76. The van der Waals surface area contributed by atoms with Crippen LogP contribution >= 0.6 is 23.8 Å². The number of benzene rings is 2. The van der Waals surface area contributed by atoms with E-state index in [9.17, 15) is 9.59 Å². The summed E-state index contributed by atoms with van der Waals surface area (Å²) in [6, 6.07) is 21.9. The Morgan fingerprint density at radius 2 is 1.80 bits per heavy atom. The molecule has 2 atom stereocenters. The van der Waals surface area contributed by atoms with Crippen LogP contribution in [0.1, 0.15) is 47.7 Å². The van der Waals surface area contributed by atoms with Gasteiger partial charge in [0.05, 0.1) is 35.1 Å². The van der Waals surface area contributed by atoms with Crippen molar-refractivity contribution < 1.29 is 14.3 Å². The summed E-state index contributed by atoms with van der Waals surface area (Å²) in [5.74, 6) is -0.683. The maximum atomic E-state index is 12.3. The average Bonchev–Trinajstić information content (AvgIpc) is 3.58. The number of rotatable bonds is 7. The van der Waals surface area contributed by atoms with Crippen LogP contribution < -0.4 is 15.5 Å². The third kappa shape index (κ3) is 5.30. The van der Waals surface area contributed by atoms with E-state index in [1.165, 1.54) is 7.11 Å². The molecule has 8 nitrogen and oxygen atoms in total. The molecular weight excluding hydrogens is 546 g/mol. The summed E-state index contributed by atoms with van der Waals surface area (Å²) in [5, 5.41) is 7.25. The lowest BCUT2D eigenvalue weighted by atomic mass is 10.0. The molecule has 0 saturated carbocycles. The Balaban J connectivity index is 1.58. The molecule has 1 saturated heterocycles. The number of carbonyl (C=O) groups is 2. The Kier molecular flexibility index (Phi) is 7.86. The predicted molar refractivity (Wildman–Crippen MR) is 160 cm³/mol. The van der Waals surface area contributed by atoms with Crippen molar-refractivity contribution in [2.45, 2.75) is 25.9 Å². The molecule has 0 aliphatic carbocycles. The van der Waals surface area contributed by atoms with Gasteiger partial charge in [-0.25, -0.2) is 4.79 Å². The van der Waals surface area contributed by atoms with Crippen LogP contribution in [0.2, 0.25) is 5.02 Å². The summed E-state index contributed by atoms with van der Waals surface area (Å²) in [5.41, 5.74) is 4.42. The Morgan fingerprint density at radius 1 is 1.05 bits per heavy atom. The van der Waals surface area contributed by atoms with E-state index in [-0.39, 0.29) is 23.9 Å². The third-order valence-corrected chi connectivity index (χ3v) is 7.39. The summed E-state index contributed by atoms with van der Waals surface area (Å²) >= 11 is 12.5. The zero-order chi connectivity index (χ0) is 28.4. The van der Waals surface area contributed by atoms with Crippen LogP contribution in [0.15, 0.2) is 85.2 Å². The minimum Gasteiger partial charge on any atom is -0.465 e. The topological polar surface area (TPSA) is 88.5 Å². The van der Waals surface area contributed by atoms with Gasteiger partial charge >= 0.3 is 5.97 Å². The van der Waals surface area contributed by atoms with Gasteiger partial charge in [0.2, 0.25) is 5.91 Å². The van der Waals surface area contributed by atoms with Crippen molar-refractivity contribution in [2.75, 3.05) is 17.3 Å². The van der Waals surface area contributed by atoms with Crippen molar-refractivity contribution in [3.63, 3.8) is 0 Å². The lowest BCUT2D eigenvalue weighted by molar-refractivity contribution is -0.118. The molecule has 5 rings (SSSR count). The minimum absolute atomic E-state index is 0.114. The second-order valence-corrected chi connectivity index (χ2v) is 10.4. The number of ether oxygens (including phenoxy) is 1. The number of pyridine rings is 1. The molecule has 40 heavy (non-hydrogen) atoms. The Bertz CT molecular complexity index is 1560. The Morgan fingerprint density at radius 3 is 2.45 bits per heavy atom. The number of nitrogens with one attached hydrogen (secondary N) is 2. The number of carbonyl (C=O) groups excluding carboxylic acids is 2. The molecule has 4 aromatic rings. The van der Waals surface area contributed by atoms with Crippen LogP contribution in [-0.4, -0.2) is 33.6 Å². The molecule has 3 heterocycles. The predicted octanol–water partition coefficient (Wildman–Crippen LogP) is 6.08. The van der Waals surface area contributed by atoms with Gasteiger partial charge in [-0.1, -0.05) is 31.5 Å². The fourth-order valence-electron chi connectivity index (χ4n) is 4.71. The van der Waals surface area contributed by atoms with Gasteiger partial charge in [-0.2, -0.15) is 0 Å². The van der Waals surface area contributed by atoms with E-state index in [1.54, 1.807) is 30.5 Å². The number of anilines is 2. The van der Waals surface area contributed by atoms with Crippen LogP contribution in [-0.2, 0) is 9.53 Å². The van der Waals surface area contributed by atoms with Gasteiger partial charge in [0.1, 0.15) is 6.04 Å². The molecule has 0 bridgehead atoms. The molecule has 1 fully saturated rings. The van der Waals surface area contributed by atoms with Crippen LogP contribution in [0.25, 0.3) is 5.69 Å². The van der Waals surface area contributed by atoms with Crippen molar-refractivity contribution >= 4 is 52.2 Å². The number of nitrogens with zero attached hydrogens (tertiary/aromatic N) is 3. The van der Waals surface area contributed by atoms with Gasteiger partial charge in [0.25, 0.3) is 0 Å². The maximum absolute atomic E-state index is 12.3. The summed E-state index contributed by atoms with van der Waals surface area (Å²) in [4.78, 5) is 30.9. The molecule has 2 aromatic heterocycles. The van der Waals surface area contributed by atoms with Gasteiger partial charge in [-0.15, -0.1) is 0 Å². The van der Waals surface area contributed by atoms with E-state index in [4.69, 9.17) is 28.6 Å². The summed E-state index contributed by atoms with van der Waals surface area (Å²) < 4.78 is 6.90. The smallest absolute Gasteiger partial charge is 0.337 e. The van der Waals surface area contributed by atoms with Gasteiger partial charge < -0.3 is 24.8 Å². The lowest BCUT2D eigenvalue weighted by Crippen LogP contribution is -2.30. The second-order valence-electron chi connectivity index (χ2n) is 9.65. The first-order valence-electron chi connectivity index (χ1n) is 12.8. The fraction of sp³-hybridized carbons (Fsp3) is 0.200. The van der Waals surface area contributed by atoms with Crippen LogP contribution in [0.5, 0.6) is 0 Å². The van der Waals surface area contributed by atoms with Crippen molar-refractivity contribution in [2.24, 2.45) is 5.92 Å². The molecule has 10 heteroatoms. The number of methoxy groups -OCH3 is 1. The molecule has 1 aliphatic heterocycles. The molecule has 1 amide bonds. The van der Waals surface area contributed by atoms with Crippen LogP contribution in [0.4, 0.5) is 11.4 Å². The second kappa shape index (κ2) is 11.5. The molecule has 2 aromatic carbocycles. The first-order chi connectivity index (χ1) is 19.3. The standard InChI is InChI=1S/C30H28ClN5O3S/c1-18(2)28(37)33-23-14-13-21(17-22(23)31)36-27(26(34-30(36)40)24-7-4-5-15-32-24)25-8-6-16-35(25)20-11-9-19(10-12-20)29(38)39-3/h4-18,26-27H,1-3H3,(H,33,37)(H,34,40)/t26-,27-/m0/s1. The van der Waals surface area contributed by atoms with Gasteiger partial charge in [0, 0.05) is 35.4 Å². The van der Waals surface area contributed by atoms with Gasteiger partial charge in [-0.3, -0.25) is 9.78 Å². The number of aromatic nitrogens is 2. The molecule has 204 valence electrons. The monoisotopic (exact) mass is 573 g/mol. The maximum Gasteiger partial charge on any atom is 0.337 e. The quantitative estimate of drug-likeness (QED) is 0.204. The van der Waals surface area contributed by atoms with Crippen molar-refractivity contribution in [1.29, 1.82) is 0 Å². The Hall–Kier alpha value is -4.21. The highest BCUT2D eigenvalue weighted by Gasteiger charge is 2.42. The first-order valence-corrected chi connectivity index (χ1v) is 13.5. The van der Waals surface area contributed by atoms with Gasteiger partial charge in [0.15, 0.2) is 5.11 Å². The number of hydrogen-bond acceptors (Lipinski definition) is 5. The number of thiocarbonyl (C=S) groups is 1. The number of hydrogen-bond donors (Lipinski definition) is 2. The zero-order valence-corrected chi connectivity index (χ0v) is 23.7. The number of halogens is 1. The van der Waals surface area contributed by atoms with Crippen LogP contribution in [0, 0.1) is 5.92 Å². The summed E-state index contributed by atoms with van der Waals surface area (Å²) in [6.45, 7) is 3.65. The zero-order valence-electron chi connectivity index (χ0n) is 22.2. The SMILES string of the molecule is COC(=O)c1ccc(-n2cccc2[C@H]2[C@H](c3ccccn3)NC(=S)N2c2ccc(NC(=O)C(C)C)c(Cl)c2)cc1. The van der Waals surface area contributed by atoms with E-state index in [1.807, 2.05) is 73.5 Å². The van der Waals surface area contributed by atoms with Gasteiger partial charge in [-0.05, 0) is 78.9 Å². The van der Waals surface area contributed by atoms with E-state index in [0.29, 0.717) is 21.4 Å². The molecule has 1 aliphatic rings. The number of esters is 1. The Labute approximate surface area is 242 Å². The van der Waals surface area contributed by atoms with Crippen molar-refractivity contribution in [3.05, 3.63) is 107 Å². The average molecular weight is 574 g/mol. The molecule has 0 unspecified atom stereocenters. The minimum atomic E-state index is -0.393. The highest BCUT2D eigenvalue weighted by Crippen LogP contribution is 2.43. The molecular formula is C30H28ClN5O3S. The summed E-state index contributed by atoms with van der Waals surface area (Å²) in [6.07, 6.45) is 3.72. The van der Waals surface area contributed by atoms with Crippen molar-refractivity contribution in [3.8, 4) is 5.69 Å². The van der Waals surface area contributed by atoms with E-state index in [0.717, 1.165) is 22.8 Å². The highest BCUT2D eigenvalue weighted by molar-refractivity contribution is 7.80. The largest absolute Gasteiger partial charge is 0.465 e. The van der Waals surface area contributed by atoms with Crippen molar-refractivity contribution in [1.82, 2.24) is 14.9 Å². The highest BCUT2D eigenvalue weighted by atomic mass is 35.5.